The smallest absolute Gasteiger partial charge is 0.213 e. The summed E-state index contributed by atoms with van der Waals surface area (Å²) in [6, 6.07) is 3.63. The number of hydrogen-bond donors (Lipinski definition) is 1. The Morgan fingerprint density at radius 3 is 2.33 bits per heavy atom. The first kappa shape index (κ1) is 13.6. The Morgan fingerprint density at radius 1 is 1.22 bits per heavy atom. The summed E-state index contributed by atoms with van der Waals surface area (Å²) in [5.74, 6) is 0.651. The molecule has 1 saturated heterocycles. The maximum atomic E-state index is 5.97. The summed E-state index contributed by atoms with van der Waals surface area (Å²) in [5, 5.41) is 4.27. The Morgan fingerprint density at radius 2 is 1.83 bits per heavy atom. The van der Waals surface area contributed by atoms with E-state index in [0.717, 1.165) is 12.8 Å². The van der Waals surface area contributed by atoms with E-state index in [1.165, 1.54) is 0 Å². The van der Waals surface area contributed by atoms with Crippen molar-refractivity contribution in [2.24, 2.45) is 0 Å². The molecule has 1 N–H and O–H groups in total. The lowest BCUT2D eigenvalue weighted by Gasteiger charge is -2.46. The third-order valence-electron chi connectivity index (χ3n) is 3.14. The monoisotopic (exact) mass is 268 g/mol. The van der Waals surface area contributed by atoms with Gasteiger partial charge in [-0.2, -0.15) is 0 Å². The van der Waals surface area contributed by atoms with Gasteiger partial charge in [-0.25, -0.2) is 4.98 Å². The third-order valence-corrected chi connectivity index (χ3v) is 3.36. The Balaban J connectivity index is 2.07. The van der Waals surface area contributed by atoms with Crippen molar-refractivity contribution in [3.63, 3.8) is 0 Å². The van der Waals surface area contributed by atoms with Gasteiger partial charge in [0.25, 0.3) is 0 Å². The zero-order chi connectivity index (χ0) is 13.4. The van der Waals surface area contributed by atoms with Crippen LogP contribution >= 0.6 is 11.6 Å². The van der Waals surface area contributed by atoms with Crippen molar-refractivity contribution in [3.8, 4) is 5.88 Å². The fourth-order valence-electron chi connectivity index (χ4n) is 2.91. The molecule has 1 aliphatic rings. The van der Waals surface area contributed by atoms with E-state index in [2.05, 4.69) is 38.0 Å². The average Bonchev–Trinajstić information content (AvgIpc) is 2.16. The fraction of sp³-hybridized carbons (Fsp3) is 0.643. The number of nitrogens with zero attached hydrogens (tertiary/aromatic N) is 1. The maximum Gasteiger partial charge on any atom is 0.213 e. The molecule has 0 spiro atoms. The minimum atomic E-state index is 0.0822. The number of ether oxygens (including phenoxy) is 1. The standard InChI is InChI=1S/C14H21ClN2O/c1-13(2)7-11(8-14(3,4)17-13)18-12-6-5-10(15)9-16-12/h5-6,9,11,17H,7-8H2,1-4H3. The van der Waals surface area contributed by atoms with Crippen molar-refractivity contribution in [2.75, 3.05) is 0 Å². The predicted molar refractivity (Wildman–Crippen MR) is 74.2 cm³/mol. The third kappa shape index (κ3) is 3.59. The molecule has 3 nitrogen and oxygen atoms in total. The highest BCUT2D eigenvalue weighted by atomic mass is 35.5. The van der Waals surface area contributed by atoms with Crippen molar-refractivity contribution < 1.29 is 4.74 Å². The highest BCUT2D eigenvalue weighted by molar-refractivity contribution is 6.30. The van der Waals surface area contributed by atoms with Crippen LogP contribution < -0.4 is 10.1 Å². The van der Waals surface area contributed by atoms with Crippen LogP contribution in [0.5, 0.6) is 5.88 Å². The summed E-state index contributed by atoms with van der Waals surface area (Å²) in [6.45, 7) is 8.83. The molecule has 0 atom stereocenters. The Kier molecular flexibility index (Phi) is 3.56. The first-order chi connectivity index (χ1) is 8.26. The number of halogens is 1. The molecule has 0 unspecified atom stereocenters. The summed E-state index contributed by atoms with van der Waals surface area (Å²) in [4.78, 5) is 4.19. The molecular formula is C14H21ClN2O. The van der Waals surface area contributed by atoms with Crippen LogP contribution in [-0.4, -0.2) is 22.2 Å². The number of nitrogens with one attached hydrogen (secondary N) is 1. The first-order valence-electron chi connectivity index (χ1n) is 6.33. The van der Waals surface area contributed by atoms with Gasteiger partial charge in [0.1, 0.15) is 6.10 Å². The topological polar surface area (TPSA) is 34.1 Å². The van der Waals surface area contributed by atoms with E-state index < -0.39 is 0 Å². The van der Waals surface area contributed by atoms with E-state index in [4.69, 9.17) is 16.3 Å². The van der Waals surface area contributed by atoms with Gasteiger partial charge < -0.3 is 10.1 Å². The Hall–Kier alpha value is -0.800. The van der Waals surface area contributed by atoms with Gasteiger partial charge in [-0.3, -0.25) is 0 Å². The van der Waals surface area contributed by atoms with E-state index in [0.29, 0.717) is 10.9 Å². The molecule has 0 aliphatic carbocycles. The normalized spacial score (nSPS) is 22.7. The van der Waals surface area contributed by atoms with Crippen molar-refractivity contribution in [2.45, 2.75) is 57.7 Å². The average molecular weight is 269 g/mol. The molecule has 1 aromatic heterocycles. The summed E-state index contributed by atoms with van der Waals surface area (Å²) in [5.41, 5.74) is 0.164. The summed E-state index contributed by atoms with van der Waals surface area (Å²) in [6.07, 6.45) is 3.75. The van der Waals surface area contributed by atoms with Gasteiger partial charge in [-0.15, -0.1) is 0 Å². The van der Waals surface area contributed by atoms with E-state index in [1.807, 2.05) is 6.07 Å². The second-order valence-corrected chi connectivity index (χ2v) is 6.79. The van der Waals surface area contributed by atoms with Crippen molar-refractivity contribution in [1.29, 1.82) is 0 Å². The molecule has 0 radical (unpaired) electrons. The lowest BCUT2D eigenvalue weighted by atomic mass is 9.81. The SMILES string of the molecule is CC1(C)CC(Oc2ccc(Cl)cn2)CC(C)(C)N1. The number of aromatic nitrogens is 1. The number of pyridine rings is 1. The Labute approximate surface area is 114 Å². The van der Waals surface area contributed by atoms with Crippen LogP contribution in [0.25, 0.3) is 0 Å². The lowest BCUT2D eigenvalue weighted by molar-refractivity contribution is 0.0530. The molecule has 0 amide bonds. The summed E-state index contributed by atoms with van der Waals surface area (Å²) >= 11 is 5.82. The molecule has 1 aliphatic heterocycles. The minimum absolute atomic E-state index is 0.0822. The Bertz CT molecular complexity index is 398. The van der Waals surface area contributed by atoms with Gasteiger partial charge in [0.05, 0.1) is 5.02 Å². The van der Waals surface area contributed by atoms with Gasteiger partial charge in [-0.05, 0) is 33.8 Å². The van der Waals surface area contributed by atoms with Crippen molar-refractivity contribution >= 4 is 11.6 Å². The molecule has 4 heteroatoms. The lowest BCUT2D eigenvalue weighted by Crippen LogP contribution is -2.60. The van der Waals surface area contributed by atoms with Crippen LogP contribution in [0, 0.1) is 0 Å². The van der Waals surface area contributed by atoms with E-state index >= 15 is 0 Å². The van der Waals surface area contributed by atoms with E-state index in [1.54, 1.807) is 12.3 Å². The summed E-state index contributed by atoms with van der Waals surface area (Å²) in [7, 11) is 0. The fourth-order valence-corrected chi connectivity index (χ4v) is 3.03. The molecule has 2 heterocycles. The van der Waals surface area contributed by atoms with Crippen molar-refractivity contribution in [3.05, 3.63) is 23.4 Å². The molecule has 100 valence electrons. The molecule has 1 aromatic rings. The molecule has 0 saturated carbocycles. The second-order valence-electron chi connectivity index (χ2n) is 6.36. The number of hydrogen-bond acceptors (Lipinski definition) is 3. The molecule has 1 fully saturated rings. The van der Waals surface area contributed by atoms with Gasteiger partial charge in [0, 0.05) is 36.2 Å². The van der Waals surface area contributed by atoms with Crippen LogP contribution in [0.15, 0.2) is 18.3 Å². The van der Waals surface area contributed by atoms with Crippen LogP contribution in [0.2, 0.25) is 5.02 Å². The maximum absolute atomic E-state index is 5.97. The number of piperidine rings is 1. The van der Waals surface area contributed by atoms with E-state index in [9.17, 15) is 0 Å². The molecular weight excluding hydrogens is 248 g/mol. The zero-order valence-electron chi connectivity index (χ0n) is 11.5. The van der Waals surface area contributed by atoms with Gasteiger partial charge >= 0.3 is 0 Å². The molecule has 18 heavy (non-hydrogen) atoms. The van der Waals surface area contributed by atoms with E-state index in [-0.39, 0.29) is 17.2 Å². The summed E-state index contributed by atoms with van der Waals surface area (Å²) < 4.78 is 5.97. The minimum Gasteiger partial charge on any atom is -0.474 e. The largest absolute Gasteiger partial charge is 0.474 e. The highest BCUT2D eigenvalue weighted by Crippen LogP contribution is 2.30. The van der Waals surface area contributed by atoms with Crippen LogP contribution in [-0.2, 0) is 0 Å². The molecule has 0 aromatic carbocycles. The quantitative estimate of drug-likeness (QED) is 0.892. The van der Waals surface area contributed by atoms with Crippen LogP contribution in [0.1, 0.15) is 40.5 Å². The van der Waals surface area contributed by atoms with Crippen molar-refractivity contribution in [1.82, 2.24) is 10.3 Å². The predicted octanol–water partition coefficient (Wildman–Crippen LogP) is 3.42. The number of rotatable bonds is 2. The zero-order valence-corrected chi connectivity index (χ0v) is 12.2. The molecule has 0 bridgehead atoms. The van der Waals surface area contributed by atoms with Crippen LogP contribution in [0.4, 0.5) is 0 Å². The van der Waals surface area contributed by atoms with Crippen LogP contribution in [0.3, 0.4) is 0 Å². The second kappa shape index (κ2) is 4.71. The highest BCUT2D eigenvalue weighted by Gasteiger charge is 2.38. The molecule has 2 rings (SSSR count). The van der Waals surface area contributed by atoms with Gasteiger partial charge in [0.2, 0.25) is 5.88 Å². The van der Waals surface area contributed by atoms with Gasteiger partial charge in [0.15, 0.2) is 0 Å². The first-order valence-corrected chi connectivity index (χ1v) is 6.71. The van der Waals surface area contributed by atoms with Gasteiger partial charge in [-0.1, -0.05) is 11.6 Å².